The number of ether oxygens (including phenoxy) is 1. The molecule has 1 heteroatoms. The highest BCUT2D eigenvalue weighted by Gasteiger charge is 2.49. The van der Waals surface area contributed by atoms with Crippen LogP contribution in [0.15, 0.2) is 24.3 Å². The van der Waals surface area contributed by atoms with Crippen molar-refractivity contribution in [3.63, 3.8) is 0 Å². The van der Waals surface area contributed by atoms with Gasteiger partial charge in [0, 0.05) is 5.92 Å². The molecular weight excluding hydrogens is 172 g/mol. The molecule has 0 heterocycles. The second-order valence-electron chi connectivity index (χ2n) is 5.14. The summed E-state index contributed by atoms with van der Waals surface area (Å²) in [5.41, 5.74) is 0. The molecule has 3 rings (SSSR count). The smallest absolute Gasteiger partial charge is 0.0799 e. The summed E-state index contributed by atoms with van der Waals surface area (Å²) in [6.07, 6.45) is 11.6. The van der Waals surface area contributed by atoms with E-state index < -0.39 is 0 Å². The van der Waals surface area contributed by atoms with E-state index in [9.17, 15) is 0 Å². The standard InChI is InChI=1S/C13H18O/c1-8(2)14-12-6-5-11-9-3-4-10(7-9)13(11)12/h3-6,8-13H,7H2,1-2H3/t9-,10+,11-,12+,13+/m0/s1. The van der Waals surface area contributed by atoms with Crippen molar-refractivity contribution in [3.05, 3.63) is 24.3 Å². The summed E-state index contributed by atoms with van der Waals surface area (Å²) >= 11 is 0. The molecule has 1 saturated carbocycles. The fourth-order valence-corrected chi connectivity index (χ4v) is 3.45. The third-order valence-electron chi connectivity index (χ3n) is 3.91. The predicted octanol–water partition coefficient (Wildman–Crippen LogP) is 2.79. The van der Waals surface area contributed by atoms with E-state index >= 15 is 0 Å². The van der Waals surface area contributed by atoms with E-state index in [0.29, 0.717) is 12.2 Å². The average molecular weight is 190 g/mol. The van der Waals surface area contributed by atoms with Gasteiger partial charge in [0.2, 0.25) is 0 Å². The molecule has 0 unspecified atom stereocenters. The molecule has 0 aromatic heterocycles. The third-order valence-corrected chi connectivity index (χ3v) is 3.91. The highest BCUT2D eigenvalue weighted by atomic mass is 16.5. The van der Waals surface area contributed by atoms with Crippen molar-refractivity contribution in [2.75, 3.05) is 0 Å². The first kappa shape index (κ1) is 8.72. The van der Waals surface area contributed by atoms with E-state index in [1.54, 1.807) is 0 Å². The Morgan fingerprint density at radius 1 is 1.07 bits per heavy atom. The van der Waals surface area contributed by atoms with Crippen molar-refractivity contribution in [3.8, 4) is 0 Å². The lowest BCUT2D eigenvalue weighted by Gasteiger charge is -2.27. The predicted molar refractivity (Wildman–Crippen MR) is 56.9 cm³/mol. The number of hydrogen-bond acceptors (Lipinski definition) is 1. The van der Waals surface area contributed by atoms with Crippen molar-refractivity contribution in [1.29, 1.82) is 0 Å². The van der Waals surface area contributed by atoms with Gasteiger partial charge in [-0.2, -0.15) is 0 Å². The van der Waals surface area contributed by atoms with E-state index in [4.69, 9.17) is 4.74 Å². The Kier molecular flexibility index (Phi) is 1.85. The van der Waals surface area contributed by atoms with Crippen LogP contribution in [-0.2, 0) is 4.74 Å². The summed E-state index contributed by atoms with van der Waals surface area (Å²) in [5.74, 6) is 3.16. The fraction of sp³-hybridized carbons (Fsp3) is 0.692. The van der Waals surface area contributed by atoms with Crippen LogP contribution in [0.25, 0.3) is 0 Å². The Morgan fingerprint density at radius 3 is 2.64 bits per heavy atom. The van der Waals surface area contributed by atoms with Gasteiger partial charge < -0.3 is 4.74 Å². The molecule has 0 radical (unpaired) electrons. The van der Waals surface area contributed by atoms with Crippen LogP contribution >= 0.6 is 0 Å². The Hall–Kier alpha value is -0.560. The normalized spacial score (nSPS) is 48.1. The van der Waals surface area contributed by atoms with Gasteiger partial charge in [-0.25, -0.2) is 0 Å². The van der Waals surface area contributed by atoms with E-state index in [-0.39, 0.29) is 0 Å². The van der Waals surface area contributed by atoms with E-state index in [1.807, 2.05) is 0 Å². The molecule has 76 valence electrons. The molecule has 0 aromatic carbocycles. The molecular formula is C13H18O. The van der Waals surface area contributed by atoms with Gasteiger partial charge >= 0.3 is 0 Å². The zero-order chi connectivity index (χ0) is 9.71. The monoisotopic (exact) mass is 190 g/mol. The largest absolute Gasteiger partial charge is 0.371 e. The Labute approximate surface area is 85.8 Å². The first-order valence-electron chi connectivity index (χ1n) is 5.78. The minimum absolute atomic E-state index is 0.353. The quantitative estimate of drug-likeness (QED) is 0.608. The highest BCUT2D eigenvalue weighted by Crippen LogP contribution is 2.53. The second-order valence-corrected chi connectivity index (χ2v) is 5.14. The number of fused-ring (bicyclic) bond motifs is 5. The van der Waals surface area contributed by atoms with Crippen LogP contribution in [0.2, 0.25) is 0 Å². The second kappa shape index (κ2) is 2.96. The van der Waals surface area contributed by atoms with Gasteiger partial charge in [0.05, 0.1) is 12.2 Å². The maximum atomic E-state index is 5.96. The van der Waals surface area contributed by atoms with E-state index in [2.05, 4.69) is 38.2 Å². The van der Waals surface area contributed by atoms with Crippen LogP contribution in [0.1, 0.15) is 20.3 Å². The van der Waals surface area contributed by atoms with Crippen molar-refractivity contribution in [2.45, 2.75) is 32.5 Å². The SMILES string of the molecule is CC(C)O[C@@H]1C=C[C@@H]2[C@H]1[C@@H]1C=C[C@H]2C1. The zero-order valence-corrected chi connectivity index (χ0v) is 8.89. The number of allylic oxidation sites excluding steroid dienone is 3. The molecule has 0 amide bonds. The van der Waals surface area contributed by atoms with E-state index in [1.165, 1.54) is 6.42 Å². The summed E-state index contributed by atoms with van der Waals surface area (Å²) in [6, 6.07) is 0. The third kappa shape index (κ3) is 1.12. The van der Waals surface area contributed by atoms with Gasteiger partial charge in [0.25, 0.3) is 0 Å². The lowest BCUT2D eigenvalue weighted by atomic mass is 9.84. The highest BCUT2D eigenvalue weighted by molar-refractivity contribution is 5.25. The average Bonchev–Trinajstić information content (AvgIpc) is 2.74. The Balaban J connectivity index is 1.79. The van der Waals surface area contributed by atoms with Crippen LogP contribution in [-0.4, -0.2) is 12.2 Å². The molecule has 1 fully saturated rings. The molecule has 0 saturated heterocycles. The summed E-state index contributed by atoms with van der Waals surface area (Å²) in [5, 5.41) is 0. The summed E-state index contributed by atoms with van der Waals surface area (Å²) in [6.45, 7) is 4.26. The van der Waals surface area contributed by atoms with Crippen molar-refractivity contribution >= 4 is 0 Å². The van der Waals surface area contributed by atoms with Crippen LogP contribution in [0, 0.1) is 23.7 Å². The molecule has 0 aromatic rings. The lowest BCUT2D eigenvalue weighted by molar-refractivity contribution is -0.00434. The van der Waals surface area contributed by atoms with Crippen LogP contribution in [0.5, 0.6) is 0 Å². The van der Waals surface area contributed by atoms with Crippen LogP contribution < -0.4 is 0 Å². The topological polar surface area (TPSA) is 9.23 Å². The molecule has 5 atom stereocenters. The molecule has 14 heavy (non-hydrogen) atoms. The number of hydrogen-bond donors (Lipinski definition) is 0. The molecule has 1 nitrogen and oxygen atoms in total. The van der Waals surface area contributed by atoms with Gasteiger partial charge in [0.15, 0.2) is 0 Å². The fourth-order valence-electron chi connectivity index (χ4n) is 3.45. The molecule has 0 N–H and O–H groups in total. The molecule has 0 spiro atoms. The van der Waals surface area contributed by atoms with Gasteiger partial charge in [-0.05, 0) is 38.0 Å². The molecule has 0 aliphatic heterocycles. The van der Waals surface area contributed by atoms with Gasteiger partial charge in [0.1, 0.15) is 0 Å². The maximum absolute atomic E-state index is 5.96. The minimum Gasteiger partial charge on any atom is -0.371 e. The first-order valence-corrected chi connectivity index (χ1v) is 5.78. The first-order chi connectivity index (χ1) is 6.75. The van der Waals surface area contributed by atoms with Crippen molar-refractivity contribution in [2.24, 2.45) is 23.7 Å². The van der Waals surface area contributed by atoms with Crippen LogP contribution in [0.4, 0.5) is 0 Å². The maximum Gasteiger partial charge on any atom is 0.0799 e. The summed E-state index contributed by atoms with van der Waals surface area (Å²) < 4.78 is 5.96. The lowest BCUT2D eigenvalue weighted by Crippen LogP contribution is -2.28. The zero-order valence-electron chi connectivity index (χ0n) is 8.89. The van der Waals surface area contributed by atoms with Crippen molar-refractivity contribution < 1.29 is 4.74 Å². The number of rotatable bonds is 2. The molecule has 2 bridgehead atoms. The summed E-state index contributed by atoms with van der Waals surface area (Å²) in [4.78, 5) is 0. The molecule has 3 aliphatic rings. The minimum atomic E-state index is 0.353. The Bertz CT molecular complexity index is 290. The summed E-state index contributed by atoms with van der Waals surface area (Å²) in [7, 11) is 0. The molecule has 3 aliphatic carbocycles. The van der Waals surface area contributed by atoms with Crippen LogP contribution in [0.3, 0.4) is 0 Å². The van der Waals surface area contributed by atoms with Gasteiger partial charge in [-0.3, -0.25) is 0 Å². The van der Waals surface area contributed by atoms with E-state index in [0.717, 1.165) is 23.7 Å². The van der Waals surface area contributed by atoms with Gasteiger partial charge in [-0.15, -0.1) is 0 Å². The van der Waals surface area contributed by atoms with Crippen molar-refractivity contribution in [1.82, 2.24) is 0 Å². The van der Waals surface area contributed by atoms with Gasteiger partial charge in [-0.1, -0.05) is 24.3 Å². The Morgan fingerprint density at radius 2 is 1.86 bits per heavy atom.